The first-order valence-corrected chi connectivity index (χ1v) is 8.58. The van der Waals surface area contributed by atoms with Crippen LogP contribution in [0.5, 0.6) is 0 Å². The summed E-state index contributed by atoms with van der Waals surface area (Å²) < 4.78 is 1.71. The van der Waals surface area contributed by atoms with E-state index in [1.165, 1.54) is 6.33 Å². The number of nitrogens with zero attached hydrogens (tertiary/aromatic N) is 4. The molecule has 3 rings (SSSR count). The number of carbonyl (C=O) groups excluding carboxylic acids is 1. The molecule has 0 saturated carbocycles. The van der Waals surface area contributed by atoms with E-state index in [1.807, 2.05) is 31.2 Å². The first-order chi connectivity index (χ1) is 12.2. The highest BCUT2D eigenvalue weighted by Gasteiger charge is 2.25. The van der Waals surface area contributed by atoms with Gasteiger partial charge in [0.1, 0.15) is 12.7 Å². The fourth-order valence-electron chi connectivity index (χ4n) is 3.15. The minimum Gasteiger partial charge on any atom is -0.349 e. The third kappa shape index (κ3) is 4.25. The Morgan fingerprint density at radius 3 is 2.68 bits per heavy atom. The summed E-state index contributed by atoms with van der Waals surface area (Å²) in [6.45, 7) is 4.46. The van der Waals surface area contributed by atoms with Crippen LogP contribution in [0.25, 0.3) is 5.69 Å². The number of aromatic nitrogens is 3. The molecular weight excluding hydrogens is 314 g/mol. The number of amides is 1. The van der Waals surface area contributed by atoms with Crippen molar-refractivity contribution < 1.29 is 4.79 Å². The fourth-order valence-corrected chi connectivity index (χ4v) is 3.15. The zero-order valence-electron chi connectivity index (χ0n) is 14.4. The monoisotopic (exact) mass is 337 g/mol. The molecule has 1 aliphatic rings. The molecule has 0 aliphatic carbocycles. The van der Waals surface area contributed by atoms with Crippen LogP contribution in [0.2, 0.25) is 0 Å². The van der Waals surface area contributed by atoms with Gasteiger partial charge in [-0.3, -0.25) is 9.69 Å². The Balaban J connectivity index is 1.54. The van der Waals surface area contributed by atoms with Crippen molar-refractivity contribution in [3.8, 4) is 18.0 Å². The Labute approximate surface area is 148 Å². The molecule has 0 spiro atoms. The van der Waals surface area contributed by atoms with Crippen molar-refractivity contribution in [2.24, 2.45) is 5.92 Å². The zero-order valence-corrected chi connectivity index (χ0v) is 14.4. The highest BCUT2D eigenvalue weighted by atomic mass is 16.1. The van der Waals surface area contributed by atoms with Gasteiger partial charge in [-0.1, -0.05) is 18.1 Å². The van der Waals surface area contributed by atoms with Gasteiger partial charge in [0.2, 0.25) is 5.91 Å². The van der Waals surface area contributed by atoms with Gasteiger partial charge in [0.15, 0.2) is 0 Å². The predicted molar refractivity (Wildman–Crippen MR) is 95.9 cm³/mol. The second-order valence-corrected chi connectivity index (χ2v) is 6.42. The van der Waals surface area contributed by atoms with E-state index in [0.717, 1.165) is 37.2 Å². The van der Waals surface area contributed by atoms with Crippen LogP contribution in [0, 0.1) is 18.3 Å². The number of terminal acetylenes is 1. The summed E-state index contributed by atoms with van der Waals surface area (Å²) in [6.07, 6.45) is 10.2. The standard InChI is InChI=1S/C19H23N5O/c1-3-10-23-11-8-17(9-12-23)19(25)22-15(2)16-4-6-18(7-5-16)24-14-20-13-21-24/h1,4-7,13-15,17H,8-12H2,2H3,(H,22,25)/t15-/m0/s1. The summed E-state index contributed by atoms with van der Waals surface area (Å²) in [5.41, 5.74) is 2.02. The van der Waals surface area contributed by atoms with Crippen molar-refractivity contribution in [3.05, 3.63) is 42.5 Å². The zero-order chi connectivity index (χ0) is 17.6. The summed E-state index contributed by atoms with van der Waals surface area (Å²) in [5.74, 6) is 2.87. The fraction of sp³-hybridized carbons (Fsp3) is 0.421. The number of rotatable bonds is 5. The maximum Gasteiger partial charge on any atom is 0.223 e. The second kappa shape index (κ2) is 7.95. The van der Waals surface area contributed by atoms with E-state index in [4.69, 9.17) is 6.42 Å². The van der Waals surface area contributed by atoms with Crippen LogP contribution in [0.1, 0.15) is 31.4 Å². The number of hydrogen-bond acceptors (Lipinski definition) is 4. The quantitative estimate of drug-likeness (QED) is 0.845. The van der Waals surface area contributed by atoms with Crippen molar-refractivity contribution in [1.29, 1.82) is 0 Å². The molecule has 0 unspecified atom stereocenters. The number of hydrogen-bond donors (Lipinski definition) is 1. The molecule has 1 atom stereocenters. The number of benzene rings is 1. The molecule has 1 aromatic carbocycles. The maximum absolute atomic E-state index is 12.5. The lowest BCUT2D eigenvalue weighted by Gasteiger charge is -2.30. The van der Waals surface area contributed by atoms with Crippen LogP contribution in [0.4, 0.5) is 0 Å². The van der Waals surface area contributed by atoms with Gasteiger partial charge in [-0.05, 0) is 50.6 Å². The topological polar surface area (TPSA) is 63.1 Å². The summed E-state index contributed by atoms with van der Waals surface area (Å²) in [5, 5.41) is 7.24. The molecule has 1 aliphatic heterocycles. The van der Waals surface area contributed by atoms with E-state index >= 15 is 0 Å². The summed E-state index contributed by atoms with van der Waals surface area (Å²) in [6, 6.07) is 7.95. The van der Waals surface area contributed by atoms with Gasteiger partial charge in [0.05, 0.1) is 18.3 Å². The van der Waals surface area contributed by atoms with Crippen LogP contribution < -0.4 is 5.32 Å². The summed E-state index contributed by atoms with van der Waals surface area (Å²) in [7, 11) is 0. The van der Waals surface area contributed by atoms with E-state index in [1.54, 1.807) is 11.0 Å². The van der Waals surface area contributed by atoms with Crippen LogP contribution in [-0.2, 0) is 4.79 Å². The van der Waals surface area contributed by atoms with Crippen LogP contribution in [0.15, 0.2) is 36.9 Å². The number of carbonyl (C=O) groups is 1. The summed E-state index contributed by atoms with van der Waals surface area (Å²) in [4.78, 5) is 18.7. The first kappa shape index (κ1) is 17.2. The molecule has 1 saturated heterocycles. The Kier molecular flexibility index (Phi) is 5.46. The molecule has 2 aromatic rings. The smallest absolute Gasteiger partial charge is 0.223 e. The van der Waals surface area contributed by atoms with E-state index in [0.29, 0.717) is 6.54 Å². The Morgan fingerprint density at radius 1 is 1.36 bits per heavy atom. The molecule has 130 valence electrons. The third-order valence-corrected chi connectivity index (χ3v) is 4.71. The molecule has 1 aromatic heterocycles. The summed E-state index contributed by atoms with van der Waals surface area (Å²) >= 11 is 0. The molecule has 6 heteroatoms. The molecule has 0 radical (unpaired) electrons. The Hall–Kier alpha value is -2.65. The van der Waals surface area contributed by atoms with Crippen LogP contribution >= 0.6 is 0 Å². The molecule has 1 amide bonds. The van der Waals surface area contributed by atoms with Gasteiger partial charge in [-0.15, -0.1) is 6.42 Å². The van der Waals surface area contributed by atoms with Crippen LogP contribution in [-0.4, -0.2) is 45.2 Å². The number of nitrogens with one attached hydrogen (secondary N) is 1. The van der Waals surface area contributed by atoms with E-state index in [2.05, 4.69) is 26.2 Å². The molecule has 2 heterocycles. The van der Waals surface area contributed by atoms with Crippen molar-refractivity contribution in [2.45, 2.75) is 25.8 Å². The Bertz CT molecular complexity index is 724. The van der Waals surface area contributed by atoms with Crippen molar-refractivity contribution in [1.82, 2.24) is 25.0 Å². The largest absolute Gasteiger partial charge is 0.349 e. The average Bonchev–Trinajstić information content (AvgIpc) is 3.17. The highest BCUT2D eigenvalue weighted by Crippen LogP contribution is 2.20. The van der Waals surface area contributed by atoms with E-state index in [9.17, 15) is 4.79 Å². The van der Waals surface area contributed by atoms with Crippen molar-refractivity contribution in [3.63, 3.8) is 0 Å². The van der Waals surface area contributed by atoms with Gasteiger partial charge in [-0.2, -0.15) is 5.10 Å². The molecule has 25 heavy (non-hydrogen) atoms. The number of likely N-dealkylation sites (tertiary alicyclic amines) is 1. The SMILES string of the molecule is C#CCN1CCC(C(=O)N[C@@H](C)c2ccc(-n3cncn3)cc2)CC1. The molecule has 0 bridgehead atoms. The average molecular weight is 337 g/mol. The molecular formula is C19H23N5O. The maximum atomic E-state index is 12.5. The predicted octanol–water partition coefficient (Wildman–Crippen LogP) is 1.79. The van der Waals surface area contributed by atoms with E-state index < -0.39 is 0 Å². The first-order valence-electron chi connectivity index (χ1n) is 8.58. The van der Waals surface area contributed by atoms with Crippen LogP contribution in [0.3, 0.4) is 0 Å². The Morgan fingerprint density at radius 2 is 2.08 bits per heavy atom. The van der Waals surface area contributed by atoms with Crippen molar-refractivity contribution >= 4 is 5.91 Å². The highest BCUT2D eigenvalue weighted by molar-refractivity contribution is 5.79. The van der Waals surface area contributed by atoms with Gasteiger partial charge in [0.25, 0.3) is 0 Å². The lowest BCUT2D eigenvalue weighted by molar-refractivity contribution is -0.127. The third-order valence-electron chi connectivity index (χ3n) is 4.71. The van der Waals surface area contributed by atoms with Gasteiger partial charge >= 0.3 is 0 Å². The van der Waals surface area contributed by atoms with Gasteiger partial charge in [0, 0.05) is 5.92 Å². The molecule has 6 nitrogen and oxygen atoms in total. The normalized spacial score (nSPS) is 17.0. The van der Waals surface area contributed by atoms with Crippen molar-refractivity contribution in [2.75, 3.05) is 19.6 Å². The molecule has 1 fully saturated rings. The number of piperidine rings is 1. The van der Waals surface area contributed by atoms with Gasteiger partial charge < -0.3 is 5.32 Å². The lowest BCUT2D eigenvalue weighted by atomic mass is 9.95. The van der Waals surface area contributed by atoms with E-state index in [-0.39, 0.29) is 17.9 Å². The lowest BCUT2D eigenvalue weighted by Crippen LogP contribution is -2.41. The van der Waals surface area contributed by atoms with Gasteiger partial charge in [-0.25, -0.2) is 9.67 Å². The minimum atomic E-state index is -0.0268. The second-order valence-electron chi connectivity index (χ2n) is 6.42. The molecule has 1 N–H and O–H groups in total. The minimum absolute atomic E-state index is 0.0268.